The van der Waals surface area contributed by atoms with Crippen LogP contribution in [0.4, 0.5) is 16.6 Å². The summed E-state index contributed by atoms with van der Waals surface area (Å²) >= 11 is 0. The van der Waals surface area contributed by atoms with Gasteiger partial charge in [-0.3, -0.25) is 0 Å². The zero-order valence-corrected chi connectivity index (χ0v) is 15.6. The zero-order valence-electron chi connectivity index (χ0n) is 15.6. The molecule has 4 rings (SSSR count). The molecule has 8 nitrogen and oxygen atoms in total. The Kier molecular flexibility index (Phi) is 5.24. The second kappa shape index (κ2) is 7.96. The van der Waals surface area contributed by atoms with Crippen molar-refractivity contribution in [3.8, 4) is 0 Å². The molecule has 0 saturated carbocycles. The Morgan fingerprint density at radius 2 is 1.78 bits per heavy atom. The summed E-state index contributed by atoms with van der Waals surface area (Å²) in [6, 6.07) is 8.12. The Bertz CT molecular complexity index is 801. The minimum absolute atomic E-state index is 0.245. The van der Waals surface area contributed by atoms with Crippen LogP contribution in [0.1, 0.15) is 6.92 Å². The molecule has 2 saturated heterocycles. The number of morpholine rings is 1. The fourth-order valence-corrected chi connectivity index (χ4v) is 3.51. The van der Waals surface area contributed by atoms with Gasteiger partial charge in [-0.25, -0.2) is 9.78 Å². The second-order valence-electron chi connectivity index (χ2n) is 6.64. The van der Waals surface area contributed by atoms with Gasteiger partial charge in [0.2, 0.25) is 5.95 Å². The molecule has 3 heterocycles. The topological polar surface area (TPSA) is 71.0 Å². The molecule has 144 valence electrons. The number of hydrogen-bond acceptors (Lipinski definition) is 7. The summed E-state index contributed by atoms with van der Waals surface area (Å²) < 4.78 is 10.6. The van der Waals surface area contributed by atoms with Gasteiger partial charge >= 0.3 is 6.09 Å². The Hall–Kier alpha value is -2.61. The van der Waals surface area contributed by atoms with Crippen LogP contribution in [0.5, 0.6) is 0 Å². The van der Waals surface area contributed by atoms with Crippen molar-refractivity contribution in [1.29, 1.82) is 0 Å². The van der Waals surface area contributed by atoms with Gasteiger partial charge in [0.15, 0.2) is 0 Å². The summed E-state index contributed by atoms with van der Waals surface area (Å²) in [6.07, 6.45) is -0.245. The number of para-hydroxylation sites is 1. The van der Waals surface area contributed by atoms with E-state index in [2.05, 4.69) is 15.9 Å². The van der Waals surface area contributed by atoms with E-state index < -0.39 is 0 Å². The molecule has 2 aliphatic rings. The molecule has 1 amide bonds. The van der Waals surface area contributed by atoms with E-state index in [0.717, 1.165) is 35.8 Å². The number of fused-ring (bicyclic) bond motifs is 1. The van der Waals surface area contributed by atoms with Crippen LogP contribution in [0.2, 0.25) is 0 Å². The van der Waals surface area contributed by atoms with E-state index in [4.69, 9.17) is 19.4 Å². The Balaban J connectivity index is 1.58. The fourth-order valence-electron chi connectivity index (χ4n) is 3.51. The Morgan fingerprint density at radius 1 is 1.04 bits per heavy atom. The van der Waals surface area contributed by atoms with Gasteiger partial charge in [0.05, 0.1) is 25.3 Å². The van der Waals surface area contributed by atoms with E-state index in [-0.39, 0.29) is 6.09 Å². The minimum atomic E-state index is -0.245. The molecule has 2 aromatic rings. The maximum absolute atomic E-state index is 11.9. The van der Waals surface area contributed by atoms with Crippen LogP contribution in [0, 0.1) is 0 Å². The van der Waals surface area contributed by atoms with Crippen molar-refractivity contribution in [2.24, 2.45) is 0 Å². The molecule has 0 unspecified atom stereocenters. The number of nitrogens with zero attached hydrogens (tertiary/aromatic N) is 5. The lowest BCUT2D eigenvalue weighted by Crippen LogP contribution is -2.49. The highest BCUT2D eigenvalue weighted by molar-refractivity contribution is 5.90. The molecule has 0 bridgehead atoms. The molecule has 0 spiro atoms. The van der Waals surface area contributed by atoms with Crippen LogP contribution in [0.15, 0.2) is 24.3 Å². The molecule has 2 fully saturated rings. The molecule has 0 atom stereocenters. The van der Waals surface area contributed by atoms with E-state index in [1.165, 1.54) is 0 Å². The molecular weight excluding hydrogens is 346 g/mol. The molecule has 0 aliphatic carbocycles. The second-order valence-corrected chi connectivity index (χ2v) is 6.64. The average Bonchev–Trinajstić information content (AvgIpc) is 2.74. The van der Waals surface area contributed by atoms with Crippen molar-refractivity contribution in [2.45, 2.75) is 6.92 Å². The van der Waals surface area contributed by atoms with Crippen molar-refractivity contribution in [3.63, 3.8) is 0 Å². The first-order chi connectivity index (χ1) is 13.3. The molecule has 0 radical (unpaired) electrons. The SMILES string of the molecule is CCOC(=O)N1CCN(c2nc(N3CCOCC3)c3ccccc3n2)CC1. The first kappa shape index (κ1) is 17.8. The third-order valence-electron chi connectivity index (χ3n) is 4.97. The van der Waals surface area contributed by atoms with Gasteiger partial charge in [-0.2, -0.15) is 4.98 Å². The number of amides is 1. The van der Waals surface area contributed by atoms with Crippen molar-refractivity contribution < 1.29 is 14.3 Å². The highest BCUT2D eigenvalue weighted by Gasteiger charge is 2.25. The van der Waals surface area contributed by atoms with Crippen LogP contribution < -0.4 is 9.80 Å². The highest BCUT2D eigenvalue weighted by atomic mass is 16.6. The molecule has 1 aromatic carbocycles. The van der Waals surface area contributed by atoms with E-state index >= 15 is 0 Å². The minimum Gasteiger partial charge on any atom is -0.450 e. The van der Waals surface area contributed by atoms with E-state index in [1.807, 2.05) is 25.1 Å². The molecule has 1 aromatic heterocycles. The Morgan fingerprint density at radius 3 is 2.52 bits per heavy atom. The zero-order chi connectivity index (χ0) is 18.6. The number of aromatic nitrogens is 2. The van der Waals surface area contributed by atoms with E-state index in [1.54, 1.807) is 4.90 Å². The van der Waals surface area contributed by atoms with Crippen LogP contribution in [-0.4, -0.2) is 80.1 Å². The molecule has 8 heteroatoms. The third-order valence-corrected chi connectivity index (χ3v) is 4.97. The lowest BCUT2D eigenvalue weighted by atomic mass is 10.2. The van der Waals surface area contributed by atoms with Crippen molar-refractivity contribution in [1.82, 2.24) is 14.9 Å². The monoisotopic (exact) mass is 371 g/mol. The lowest BCUT2D eigenvalue weighted by molar-refractivity contribution is 0.105. The van der Waals surface area contributed by atoms with Crippen molar-refractivity contribution in [2.75, 3.05) is 68.9 Å². The summed E-state index contributed by atoms with van der Waals surface area (Å²) in [6.45, 7) is 7.93. The molecule has 27 heavy (non-hydrogen) atoms. The van der Waals surface area contributed by atoms with E-state index in [9.17, 15) is 4.79 Å². The number of piperazine rings is 1. The summed E-state index contributed by atoms with van der Waals surface area (Å²) in [5.41, 5.74) is 0.941. The average molecular weight is 371 g/mol. The van der Waals surface area contributed by atoms with Crippen LogP contribution >= 0.6 is 0 Å². The summed E-state index contributed by atoms with van der Waals surface area (Å²) in [4.78, 5) is 27.8. The number of benzene rings is 1. The molecule has 2 aliphatic heterocycles. The van der Waals surface area contributed by atoms with Crippen LogP contribution in [0.3, 0.4) is 0 Å². The summed E-state index contributed by atoms with van der Waals surface area (Å²) in [5, 5.41) is 1.06. The lowest BCUT2D eigenvalue weighted by Gasteiger charge is -2.35. The first-order valence-corrected chi connectivity index (χ1v) is 9.52. The molecular formula is C19H25N5O3. The predicted molar refractivity (Wildman–Crippen MR) is 103 cm³/mol. The van der Waals surface area contributed by atoms with Crippen LogP contribution in [0.25, 0.3) is 10.9 Å². The van der Waals surface area contributed by atoms with Gasteiger partial charge in [-0.1, -0.05) is 12.1 Å². The maximum Gasteiger partial charge on any atom is 0.409 e. The summed E-state index contributed by atoms with van der Waals surface area (Å²) in [7, 11) is 0. The smallest absolute Gasteiger partial charge is 0.409 e. The normalized spacial score (nSPS) is 18.0. The van der Waals surface area contributed by atoms with Gasteiger partial charge in [-0.05, 0) is 19.1 Å². The van der Waals surface area contributed by atoms with Gasteiger partial charge in [0.25, 0.3) is 0 Å². The van der Waals surface area contributed by atoms with Crippen LogP contribution in [-0.2, 0) is 9.47 Å². The van der Waals surface area contributed by atoms with Gasteiger partial charge in [-0.15, -0.1) is 0 Å². The fraction of sp³-hybridized carbons (Fsp3) is 0.526. The van der Waals surface area contributed by atoms with E-state index in [0.29, 0.717) is 46.0 Å². The predicted octanol–water partition coefficient (Wildman–Crippen LogP) is 1.74. The number of rotatable bonds is 3. The number of carbonyl (C=O) groups is 1. The highest BCUT2D eigenvalue weighted by Crippen LogP contribution is 2.27. The van der Waals surface area contributed by atoms with Gasteiger partial charge in [0.1, 0.15) is 5.82 Å². The summed E-state index contributed by atoms with van der Waals surface area (Å²) in [5.74, 6) is 1.69. The number of ether oxygens (including phenoxy) is 2. The van der Waals surface area contributed by atoms with Gasteiger partial charge in [0, 0.05) is 44.7 Å². The molecule has 0 N–H and O–H groups in total. The van der Waals surface area contributed by atoms with Crippen molar-refractivity contribution >= 4 is 28.8 Å². The standard InChI is InChI=1S/C19H25N5O3/c1-2-27-19(25)24-9-7-23(8-10-24)18-20-16-6-4-3-5-15(16)17(21-18)22-11-13-26-14-12-22/h3-6H,2,7-14H2,1H3. The third kappa shape index (κ3) is 3.75. The van der Waals surface area contributed by atoms with Gasteiger partial charge < -0.3 is 24.2 Å². The largest absolute Gasteiger partial charge is 0.450 e. The van der Waals surface area contributed by atoms with Crippen molar-refractivity contribution in [3.05, 3.63) is 24.3 Å². The number of carbonyl (C=O) groups excluding carboxylic acids is 1. The number of anilines is 2. The number of hydrogen-bond donors (Lipinski definition) is 0. The quantitative estimate of drug-likeness (QED) is 0.814. The first-order valence-electron chi connectivity index (χ1n) is 9.52. The Labute approximate surface area is 158 Å². The maximum atomic E-state index is 11.9.